The topological polar surface area (TPSA) is 29.3 Å². The van der Waals surface area contributed by atoms with Crippen LogP contribution in [0.3, 0.4) is 0 Å². The van der Waals surface area contributed by atoms with Gasteiger partial charge in [0.2, 0.25) is 0 Å². The van der Waals surface area contributed by atoms with Gasteiger partial charge in [0.05, 0.1) is 0 Å². The predicted octanol–water partition coefficient (Wildman–Crippen LogP) is 1.99. The largest absolute Gasteiger partial charge is 0.326 e. The van der Waals surface area contributed by atoms with Crippen LogP contribution in [0.15, 0.2) is 0 Å². The van der Waals surface area contributed by atoms with Gasteiger partial charge in [-0.05, 0) is 51.0 Å². The van der Waals surface area contributed by atoms with Crippen molar-refractivity contribution >= 4 is 0 Å². The Bertz CT molecular complexity index is 198. The molecule has 1 spiro atoms. The van der Waals surface area contributed by atoms with E-state index in [0.717, 1.165) is 11.8 Å². The van der Waals surface area contributed by atoms with Crippen LogP contribution in [0.4, 0.5) is 0 Å². The fourth-order valence-electron chi connectivity index (χ4n) is 2.79. The molecule has 2 atom stereocenters. The maximum Gasteiger partial charge on any atom is 0.0219 e. The van der Waals surface area contributed by atoms with Crippen molar-refractivity contribution in [2.75, 3.05) is 13.1 Å². The highest BCUT2D eigenvalue weighted by Crippen LogP contribution is 2.52. The molecule has 2 N–H and O–H groups in total. The van der Waals surface area contributed by atoms with E-state index in [0.29, 0.717) is 12.1 Å². The normalized spacial score (nSPS) is 30.2. The Labute approximate surface area is 87.8 Å². The summed E-state index contributed by atoms with van der Waals surface area (Å²) >= 11 is 0. The zero-order chi connectivity index (χ0) is 10.2. The molecule has 1 saturated carbocycles. The predicted molar refractivity (Wildman–Crippen MR) is 60.2 cm³/mol. The molecule has 0 aromatic heterocycles. The van der Waals surface area contributed by atoms with Gasteiger partial charge in [0.15, 0.2) is 0 Å². The van der Waals surface area contributed by atoms with Gasteiger partial charge in [-0.1, -0.05) is 6.92 Å². The van der Waals surface area contributed by atoms with E-state index in [1.54, 1.807) is 0 Å². The van der Waals surface area contributed by atoms with Crippen molar-refractivity contribution in [3.8, 4) is 0 Å². The van der Waals surface area contributed by atoms with Gasteiger partial charge in [0.25, 0.3) is 0 Å². The third-order valence-electron chi connectivity index (χ3n) is 4.32. The molecule has 2 rings (SSSR count). The third kappa shape index (κ3) is 1.96. The Morgan fingerprint density at radius 1 is 1.36 bits per heavy atom. The Morgan fingerprint density at radius 3 is 2.64 bits per heavy atom. The van der Waals surface area contributed by atoms with Gasteiger partial charge in [0, 0.05) is 18.6 Å². The van der Waals surface area contributed by atoms with Crippen molar-refractivity contribution < 1.29 is 0 Å². The zero-order valence-electron chi connectivity index (χ0n) is 9.63. The molecule has 2 nitrogen and oxygen atoms in total. The molecule has 1 saturated heterocycles. The average molecular weight is 196 g/mol. The van der Waals surface area contributed by atoms with Gasteiger partial charge in [0.1, 0.15) is 0 Å². The summed E-state index contributed by atoms with van der Waals surface area (Å²) in [5.41, 5.74) is 6.85. The Balaban J connectivity index is 1.90. The first-order valence-corrected chi connectivity index (χ1v) is 6.16. The Kier molecular flexibility index (Phi) is 2.85. The standard InChI is InChI=1S/C12H24N2/c1-3-11(13)10(2)14-8-4-5-12(9-14)6-7-12/h10-11H,3-9,13H2,1-2H3. The van der Waals surface area contributed by atoms with Gasteiger partial charge in [-0.2, -0.15) is 0 Å². The highest BCUT2D eigenvalue weighted by atomic mass is 15.2. The molecule has 1 aliphatic heterocycles. The maximum atomic E-state index is 6.11. The molecule has 0 amide bonds. The van der Waals surface area contributed by atoms with Crippen LogP contribution in [-0.4, -0.2) is 30.1 Å². The SMILES string of the molecule is CCC(N)C(C)N1CCCC2(CC2)C1. The first-order chi connectivity index (χ1) is 6.67. The minimum atomic E-state index is 0.365. The highest BCUT2D eigenvalue weighted by Gasteiger charge is 2.46. The Morgan fingerprint density at radius 2 is 2.07 bits per heavy atom. The first-order valence-electron chi connectivity index (χ1n) is 6.16. The van der Waals surface area contributed by atoms with Crippen LogP contribution in [0.25, 0.3) is 0 Å². The number of rotatable bonds is 3. The molecule has 1 aliphatic carbocycles. The molecule has 0 aromatic carbocycles. The van der Waals surface area contributed by atoms with Crippen LogP contribution >= 0.6 is 0 Å². The number of hydrogen-bond donors (Lipinski definition) is 1. The number of hydrogen-bond acceptors (Lipinski definition) is 2. The summed E-state index contributed by atoms with van der Waals surface area (Å²) in [7, 11) is 0. The average Bonchev–Trinajstić information content (AvgIpc) is 2.95. The minimum Gasteiger partial charge on any atom is -0.326 e. The van der Waals surface area contributed by atoms with Crippen LogP contribution in [-0.2, 0) is 0 Å². The van der Waals surface area contributed by atoms with Crippen molar-refractivity contribution in [2.24, 2.45) is 11.1 Å². The molecule has 82 valence electrons. The molecule has 0 radical (unpaired) electrons. The lowest BCUT2D eigenvalue weighted by Crippen LogP contribution is -2.50. The molecule has 0 aromatic rings. The van der Waals surface area contributed by atoms with E-state index in [2.05, 4.69) is 18.7 Å². The zero-order valence-corrected chi connectivity index (χ0v) is 9.63. The second kappa shape index (κ2) is 3.82. The highest BCUT2D eigenvalue weighted by molar-refractivity contribution is 4.99. The van der Waals surface area contributed by atoms with Crippen molar-refractivity contribution in [1.29, 1.82) is 0 Å². The van der Waals surface area contributed by atoms with Crippen LogP contribution < -0.4 is 5.73 Å². The van der Waals surface area contributed by atoms with Gasteiger partial charge < -0.3 is 5.73 Å². The lowest BCUT2D eigenvalue weighted by atomic mass is 9.92. The summed E-state index contributed by atoms with van der Waals surface area (Å²) in [5.74, 6) is 0. The molecular weight excluding hydrogens is 172 g/mol. The molecule has 0 bridgehead atoms. The van der Waals surface area contributed by atoms with E-state index in [9.17, 15) is 0 Å². The first kappa shape index (κ1) is 10.4. The van der Waals surface area contributed by atoms with Gasteiger partial charge in [-0.25, -0.2) is 0 Å². The lowest BCUT2D eigenvalue weighted by Gasteiger charge is -2.39. The lowest BCUT2D eigenvalue weighted by molar-refractivity contribution is 0.105. The van der Waals surface area contributed by atoms with Crippen molar-refractivity contribution in [3.05, 3.63) is 0 Å². The number of likely N-dealkylation sites (tertiary alicyclic amines) is 1. The van der Waals surface area contributed by atoms with Crippen LogP contribution in [0.5, 0.6) is 0 Å². The quantitative estimate of drug-likeness (QED) is 0.748. The van der Waals surface area contributed by atoms with E-state index < -0.39 is 0 Å². The maximum absolute atomic E-state index is 6.11. The fraction of sp³-hybridized carbons (Fsp3) is 1.00. The van der Waals surface area contributed by atoms with E-state index in [4.69, 9.17) is 5.73 Å². The Hall–Kier alpha value is -0.0800. The summed E-state index contributed by atoms with van der Waals surface area (Å²) in [6.45, 7) is 7.09. The van der Waals surface area contributed by atoms with Gasteiger partial charge in [-0.3, -0.25) is 4.90 Å². The van der Waals surface area contributed by atoms with Crippen LogP contribution in [0.1, 0.15) is 46.0 Å². The molecule has 2 aliphatic rings. The van der Waals surface area contributed by atoms with Crippen molar-refractivity contribution in [3.63, 3.8) is 0 Å². The summed E-state index contributed by atoms with van der Waals surface area (Å²) in [6.07, 6.45) is 6.90. The number of nitrogens with two attached hydrogens (primary N) is 1. The number of nitrogens with zero attached hydrogens (tertiary/aromatic N) is 1. The smallest absolute Gasteiger partial charge is 0.0219 e. The van der Waals surface area contributed by atoms with Gasteiger partial charge in [-0.15, -0.1) is 0 Å². The van der Waals surface area contributed by atoms with E-state index in [-0.39, 0.29) is 0 Å². The third-order valence-corrected chi connectivity index (χ3v) is 4.32. The van der Waals surface area contributed by atoms with E-state index >= 15 is 0 Å². The van der Waals surface area contributed by atoms with Crippen molar-refractivity contribution in [1.82, 2.24) is 4.90 Å². The molecule has 2 heteroatoms. The summed E-state index contributed by atoms with van der Waals surface area (Å²) in [4.78, 5) is 2.63. The van der Waals surface area contributed by atoms with Gasteiger partial charge >= 0.3 is 0 Å². The fourth-order valence-corrected chi connectivity index (χ4v) is 2.79. The number of piperidine rings is 1. The molecular formula is C12H24N2. The monoisotopic (exact) mass is 196 g/mol. The summed E-state index contributed by atoms with van der Waals surface area (Å²) in [5, 5.41) is 0. The van der Waals surface area contributed by atoms with E-state index in [1.807, 2.05) is 0 Å². The van der Waals surface area contributed by atoms with Crippen LogP contribution in [0, 0.1) is 5.41 Å². The van der Waals surface area contributed by atoms with Crippen molar-refractivity contribution in [2.45, 2.75) is 58.0 Å². The molecule has 14 heavy (non-hydrogen) atoms. The molecule has 2 unspecified atom stereocenters. The van der Waals surface area contributed by atoms with E-state index in [1.165, 1.54) is 38.8 Å². The summed E-state index contributed by atoms with van der Waals surface area (Å²) in [6, 6.07) is 0.946. The molecule has 1 heterocycles. The van der Waals surface area contributed by atoms with Crippen LogP contribution in [0.2, 0.25) is 0 Å². The minimum absolute atomic E-state index is 0.365. The second-order valence-corrected chi connectivity index (χ2v) is 5.39. The summed E-state index contributed by atoms with van der Waals surface area (Å²) < 4.78 is 0. The second-order valence-electron chi connectivity index (χ2n) is 5.39. The molecule has 2 fully saturated rings.